The van der Waals surface area contributed by atoms with Crippen molar-refractivity contribution in [2.75, 3.05) is 20.2 Å². The SMILES string of the molecule is COc1ccccc1C(=O)NC(C)C1CCNC1. The Morgan fingerprint density at radius 3 is 2.94 bits per heavy atom. The lowest BCUT2D eigenvalue weighted by molar-refractivity contribution is 0.0926. The number of methoxy groups -OCH3 is 1. The lowest BCUT2D eigenvalue weighted by atomic mass is 10.00. The zero-order valence-corrected chi connectivity index (χ0v) is 10.9. The molecule has 2 unspecified atom stereocenters. The van der Waals surface area contributed by atoms with Gasteiger partial charge < -0.3 is 15.4 Å². The molecule has 2 N–H and O–H groups in total. The van der Waals surface area contributed by atoms with Crippen LogP contribution in [-0.2, 0) is 0 Å². The molecule has 4 heteroatoms. The molecule has 0 spiro atoms. The van der Waals surface area contributed by atoms with Gasteiger partial charge in [0, 0.05) is 6.04 Å². The molecule has 1 aromatic carbocycles. The fourth-order valence-corrected chi connectivity index (χ4v) is 2.34. The smallest absolute Gasteiger partial charge is 0.255 e. The highest BCUT2D eigenvalue weighted by Gasteiger charge is 2.23. The number of carbonyl (C=O) groups excluding carboxylic acids is 1. The summed E-state index contributed by atoms with van der Waals surface area (Å²) in [6.45, 7) is 4.08. The summed E-state index contributed by atoms with van der Waals surface area (Å²) >= 11 is 0. The number of hydrogen-bond acceptors (Lipinski definition) is 3. The molecular formula is C14H20N2O2. The first kappa shape index (κ1) is 12.9. The molecule has 0 aromatic heterocycles. The third kappa shape index (κ3) is 2.82. The summed E-state index contributed by atoms with van der Waals surface area (Å²) in [6.07, 6.45) is 1.12. The topological polar surface area (TPSA) is 50.4 Å². The maximum Gasteiger partial charge on any atom is 0.255 e. The summed E-state index contributed by atoms with van der Waals surface area (Å²) in [6, 6.07) is 7.47. The summed E-state index contributed by atoms with van der Waals surface area (Å²) in [5.74, 6) is 1.07. The van der Waals surface area contributed by atoms with E-state index in [0.717, 1.165) is 19.5 Å². The molecule has 1 aromatic rings. The Bertz CT molecular complexity index is 414. The number of ether oxygens (including phenoxy) is 1. The Morgan fingerprint density at radius 1 is 1.50 bits per heavy atom. The van der Waals surface area contributed by atoms with Crippen LogP contribution in [0.15, 0.2) is 24.3 Å². The molecule has 0 aliphatic carbocycles. The predicted octanol–water partition coefficient (Wildman–Crippen LogP) is 1.42. The average Bonchev–Trinajstić information content (AvgIpc) is 2.92. The van der Waals surface area contributed by atoms with E-state index < -0.39 is 0 Å². The maximum atomic E-state index is 12.2. The quantitative estimate of drug-likeness (QED) is 0.847. The first-order valence-corrected chi connectivity index (χ1v) is 6.37. The fraction of sp³-hybridized carbons (Fsp3) is 0.500. The van der Waals surface area contributed by atoms with Crippen LogP contribution in [0.2, 0.25) is 0 Å². The third-order valence-electron chi connectivity index (χ3n) is 3.52. The van der Waals surface area contributed by atoms with E-state index >= 15 is 0 Å². The van der Waals surface area contributed by atoms with E-state index in [9.17, 15) is 4.79 Å². The zero-order valence-electron chi connectivity index (χ0n) is 10.9. The Balaban J connectivity index is 2.02. The van der Waals surface area contributed by atoms with Crippen LogP contribution in [-0.4, -0.2) is 32.1 Å². The van der Waals surface area contributed by atoms with Gasteiger partial charge in [-0.1, -0.05) is 12.1 Å². The average molecular weight is 248 g/mol. The van der Waals surface area contributed by atoms with Crippen molar-refractivity contribution < 1.29 is 9.53 Å². The van der Waals surface area contributed by atoms with E-state index in [1.165, 1.54) is 0 Å². The molecule has 4 nitrogen and oxygen atoms in total. The second kappa shape index (κ2) is 5.87. The summed E-state index contributed by atoms with van der Waals surface area (Å²) in [7, 11) is 1.58. The molecule has 1 fully saturated rings. The fourth-order valence-electron chi connectivity index (χ4n) is 2.34. The van der Waals surface area contributed by atoms with Crippen LogP contribution in [0.1, 0.15) is 23.7 Å². The van der Waals surface area contributed by atoms with Crippen molar-refractivity contribution in [3.8, 4) is 5.75 Å². The Kier molecular flexibility index (Phi) is 4.20. The predicted molar refractivity (Wildman–Crippen MR) is 70.9 cm³/mol. The van der Waals surface area contributed by atoms with Gasteiger partial charge in [-0.3, -0.25) is 4.79 Å². The molecule has 0 radical (unpaired) electrons. The molecule has 1 heterocycles. The molecule has 1 aliphatic rings. The number of hydrogen-bond donors (Lipinski definition) is 2. The largest absolute Gasteiger partial charge is 0.496 e. The van der Waals surface area contributed by atoms with Crippen molar-refractivity contribution in [3.05, 3.63) is 29.8 Å². The van der Waals surface area contributed by atoms with E-state index in [4.69, 9.17) is 4.74 Å². The second-order valence-corrected chi connectivity index (χ2v) is 4.72. The van der Waals surface area contributed by atoms with Crippen molar-refractivity contribution in [1.82, 2.24) is 10.6 Å². The minimum atomic E-state index is -0.0631. The lowest BCUT2D eigenvalue weighted by Gasteiger charge is -2.20. The van der Waals surface area contributed by atoms with Gasteiger partial charge in [-0.15, -0.1) is 0 Å². The molecule has 2 rings (SSSR count). The van der Waals surface area contributed by atoms with Gasteiger partial charge >= 0.3 is 0 Å². The van der Waals surface area contributed by atoms with Crippen LogP contribution >= 0.6 is 0 Å². The van der Waals surface area contributed by atoms with Crippen LogP contribution in [0, 0.1) is 5.92 Å². The number of carbonyl (C=O) groups is 1. The van der Waals surface area contributed by atoms with Crippen molar-refractivity contribution in [2.45, 2.75) is 19.4 Å². The monoisotopic (exact) mass is 248 g/mol. The van der Waals surface area contributed by atoms with Crippen LogP contribution in [0.4, 0.5) is 0 Å². The summed E-state index contributed by atoms with van der Waals surface area (Å²) < 4.78 is 5.20. The van der Waals surface area contributed by atoms with Gasteiger partial charge in [0.05, 0.1) is 12.7 Å². The van der Waals surface area contributed by atoms with E-state index in [0.29, 0.717) is 17.2 Å². The number of para-hydroxylation sites is 1. The minimum Gasteiger partial charge on any atom is -0.496 e. The van der Waals surface area contributed by atoms with Crippen LogP contribution < -0.4 is 15.4 Å². The van der Waals surface area contributed by atoms with Gasteiger partial charge in [-0.2, -0.15) is 0 Å². The minimum absolute atomic E-state index is 0.0631. The molecule has 2 atom stereocenters. The van der Waals surface area contributed by atoms with Crippen molar-refractivity contribution in [2.24, 2.45) is 5.92 Å². The van der Waals surface area contributed by atoms with E-state index in [1.807, 2.05) is 12.1 Å². The van der Waals surface area contributed by atoms with Gasteiger partial charge in [-0.25, -0.2) is 0 Å². The molecule has 1 aliphatic heterocycles. The van der Waals surface area contributed by atoms with Crippen molar-refractivity contribution in [1.29, 1.82) is 0 Å². The number of rotatable bonds is 4. The number of amides is 1. The first-order chi connectivity index (χ1) is 8.72. The Labute approximate surface area is 108 Å². The van der Waals surface area contributed by atoms with E-state index in [1.54, 1.807) is 19.2 Å². The molecular weight excluding hydrogens is 228 g/mol. The summed E-state index contributed by atoms with van der Waals surface area (Å²) in [4.78, 5) is 12.2. The van der Waals surface area contributed by atoms with Crippen LogP contribution in [0.3, 0.4) is 0 Å². The van der Waals surface area contributed by atoms with Crippen molar-refractivity contribution in [3.63, 3.8) is 0 Å². The van der Waals surface area contributed by atoms with Gasteiger partial charge in [0.2, 0.25) is 0 Å². The highest BCUT2D eigenvalue weighted by Crippen LogP contribution is 2.18. The molecule has 1 amide bonds. The Hall–Kier alpha value is -1.55. The molecule has 0 bridgehead atoms. The third-order valence-corrected chi connectivity index (χ3v) is 3.52. The summed E-state index contributed by atoms with van der Waals surface area (Å²) in [5, 5.41) is 6.37. The standard InChI is InChI=1S/C14H20N2O2/c1-10(11-7-8-15-9-11)16-14(17)12-5-3-4-6-13(12)18-2/h3-6,10-11,15H,7-9H2,1-2H3,(H,16,17). The first-order valence-electron chi connectivity index (χ1n) is 6.37. The number of nitrogens with one attached hydrogen (secondary N) is 2. The highest BCUT2D eigenvalue weighted by atomic mass is 16.5. The molecule has 1 saturated heterocycles. The van der Waals surface area contributed by atoms with Gasteiger partial charge in [0.25, 0.3) is 5.91 Å². The number of benzene rings is 1. The van der Waals surface area contributed by atoms with Crippen LogP contribution in [0.5, 0.6) is 5.75 Å². The molecule has 0 saturated carbocycles. The van der Waals surface area contributed by atoms with Crippen molar-refractivity contribution >= 4 is 5.91 Å². The normalized spacial score (nSPS) is 20.4. The zero-order chi connectivity index (χ0) is 13.0. The van der Waals surface area contributed by atoms with Crippen LogP contribution in [0.25, 0.3) is 0 Å². The molecule has 98 valence electrons. The maximum absolute atomic E-state index is 12.2. The van der Waals surface area contributed by atoms with Gasteiger partial charge in [0.1, 0.15) is 5.75 Å². The summed E-state index contributed by atoms with van der Waals surface area (Å²) in [5.41, 5.74) is 0.595. The Morgan fingerprint density at radius 2 is 2.28 bits per heavy atom. The van der Waals surface area contributed by atoms with Gasteiger partial charge in [0.15, 0.2) is 0 Å². The van der Waals surface area contributed by atoms with E-state index in [-0.39, 0.29) is 11.9 Å². The lowest BCUT2D eigenvalue weighted by Crippen LogP contribution is -2.39. The molecule has 18 heavy (non-hydrogen) atoms. The van der Waals surface area contributed by atoms with Gasteiger partial charge in [-0.05, 0) is 44.5 Å². The highest BCUT2D eigenvalue weighted by molar-refractivity contribution is 5.97. The second-order valence-electron chi connectivity index (χ2n) is 4.72. The van der Waals surface area contributed by atoms with E-state index in [2.05, 4.69) is 17.6 Å².